The molecule has 0 aliphatic rings. The summed E-state index contributed by atoms with van der Waals surface area (Å²) in [4.78, 5) is 4.17. The summed E-state index contributed by atoms with van der Waals surface area (Å²) >= 11 is 12.8. The van der Waals surface area contributed by atoms with E-state index in [9.17, 15) is 4.39 Å². The number of fused-ring (bicyclic) bond motifs is 1. The average molecular weight is 419 g/mol. The van der Waals surface area contributed by atoms with Crippen LogP contribution >= 0.6 is 43.5 Å². The fourth-order valence-corrected chi connectivity index (χ4v) is 3.54. The van der Waals surface area contributed by atoms with Crippen LogP contribution in [0.5, 0.6) is 0 Å². The monoisotopic (exact) mass is 417 g/mol. The van der Waals surface area contributed by atoms with Crippen molar-refractivity contribution in [3.63, 3.8) is 0 Å². The van der Waals surface area contributed by atoms with Crippen LogP contribution in [-0.2, 0) is 0 Å². The average Bonchev–Trinajstić information content (AvgIpc) is 2.67. The molecule has 7 heteroatoms. The van der Waals surface area contributed by atoms with E-state index in [2.05, 4.69) is 36.8 Å². The molecular formula is C13H7Br2ClFN3. The molecule has 3 aromatic rings. The topological polar surface area (TPSA) is 43.8 Å². The molecule has 3 nitrogen and oxygen atoms in total. The number of hydrogen-bond acceptors (Lipinski definition) is 2. The van der Waals surface area contributed by atoms with Gasteiger partial charge in [0.25, 0.3) is 0 Å². The minimum absolute atomic E-state index is 0.0295. The summed E-state index contributed by atoms with van der Waals surface area (Å²) in [7, 11) is 0. The number of nitrogen functional groups attached to an aromatic ring is 1. The number of hydrogen-bond donors (Lipinski definition) is 1. The van der Waals surface area contributed by atoms with Gasteiger partial charge < -0.3 is 5.73 Å². The van der Waals surface area contributed by atoms with Crippen LogP contribution in [0, 0.1) is 5.82 Å². The third-order valence-electron chi connectivity index (χ3n) is 2.88. The number of halogens is 4. The third kappa shape index (κ3) is 2.12. The Morgan fingerprint density at radius 1 is 1.20 bits per heavy atom. The van der Waals surface area contributed by atoms with Crippen molar-refractivity contribution in [2.75, 3.05) is 5.73 Å². The van der Waals surface area contributed by atoms with Crippen LogP contribution in [0.4, 0.5) is 10.3 Å². The number of benzene rings is 2. The van der Waals surface area contributed by atoms with Crippen molar-refractivity contribution >= 4 is 60.4 Å². The lowest BCUT2D eigenvalue weighted by Crippen LogP contribution is -2.02. The second-order valence-corrected chi connectivity index (χ2v) is 6.25. The first-order chi connectivity index (χ1) is 9.49. The fraction of sp³-hybridized carbons (Fsp3) is 0. The van der Waals surface area contributed by atoms with E-state index in [0.717, 1.165) is 14.6 Å². The molecule has 0 aliphatic carbocycles. The Morgan fingerprint density at radius 3 is 2.50 bits per heavy atom. The van der Waals surface area contributed by atoms with Crippen molar-refractivity contribution in [1.29, 1.82) is 0 Å². The van der Waals surface area contributed by atoms with Crippen molar-refractivity contribution in [2.45, 2.75) is 0 Å². The molecule has 2 N–H and O–H groups in total. The van der Waals surface area contributed by atoms with Crippen molar-refractivity contribution in [2.24, 2.45) is 0 Å². The van der Waals surface area contributed by atoms with Gasteiger partial charge in [-0.05, 0) is 50.1 Å². The minimum atomic E-state index is -0.519. The Balaban J connectivity index is 2.42. The standard InChI is InChI=1S/C13H7Br2ClFN3/c14-6-2-1-3-7(15)12(6)20-11-4-8(16)9(17)5-10(11)19-13(20)18/h1-5H,(H2,18,19). The van der Waals surface area contributed by atoms with Gasteiger partial charge in [-0.15, -0.1) is 0 Å². The highest BCUT2D eigenvalue weighted by Gasteiger charge is 2.16. The Kier molecular flexibility index (Phi) is 3.48. The molecular weight excluding hydrogens is 412 g/mol. The summed E-state index contributed by atoms with van der Waals surface area (Å²) in [5.74, 6) is -0.260. The third-order valence-corrected chi connectivity index (χ3v) is 4.45. The molecule has 0 bridgehead atoms. The predicted molar refractivity (Wildman–Crippen MR) is 85.9 cm³/mol. The fourth-order valence-electron chi connectivity index (χ4n) is 2.03. The lowest BCUT2D eigenvalue weighted by molar-refractivity contribution is 0.630. The van der Waals surface area contributed by atoms with E-state index in [-0.39, 0.29) is 11.0 Å². The lowest BCUT2D eigenvalue weighted by atomic mass is 10.2. The maximum absolute atomic E-state index is 13.5. The SMILES string of the molecule is Nc1nc2cc(F)c(Cl)cc2n1-c1c(Br)cccc1Br. The van der Waals surface area contributed by atoms with Crippen LogP contribution in [0.15, 0.2) is 39.3 Å². The van der Waals surface area contributed by atoms with E-state index in [1.807, 2.05) is 18.2 Å². The van der Waals surface area contributed by atoms with Crippen molar-refractivity contribution < 1.29 is 4.39 Å². The van der Waals surface area contributed by atoms with E-state index < -0.39 is 5.82 Å². The molecule has 0 saturated heterocycles. The van der Waals surface area contributed by atoms with Crippen LogP contribution < -0.4 is 5.73 Å². The quantitative estimate of drug-likeness (QED) is 0.608. The number of nitrogens with zero attached hydrogens (tertiary/aromatic N) is 2. The molecule has 20 heavy (non-hydrogen) atoms. The van der Waals surface area contributed by atoms with Gasteiger partial charge in [-0.3, -0.25) is 4.57 Å². The van der Waals surface area contributed by atoms with Gasteiger partial charge in [-0.1, -0.05) is 17.7 Å². The van der Waals surface area contributed by atoms with Gasteiger partial charge in [0.05, 0.1) is 21.7 Å². The molecule has 0 unspecified atom stereocenters. The molecule has 102 valence electrons. The zero-order valence-corrected chi connectivity index (χ0v) is 13.8. The van der Waals surface area contributed by atoms with Crippen LogP contribution in [0.25, 0.3) is 16.7 Å². The molecule has 0 atom stereocenters. The van der Waals surface area contributed by atoms with E-state index in [1.165, 1.54) is 12.1 Å². The predicted octanol–water partition coefficient (Wildman–Crippen LogP) is 4.93. The van der Waals surface area contributed by atoms with E-state index in [0.29, 0.717) is 11.0 Å². The largest absolute Gasteiger partial charge is 0.369 e. The molecule has 2 aromatic carbocycles. The first-order valence-electron chi connectivity index (χ1n) is 5.56. The number of anilines is 1. The van der Waals surface area contributed by atoms with Crippen molar-refractivity contribution in [3.05, 3.63) is 50.1 Å². The highest BCUT2D eigenvalue weighted by atomic mass is 79.9. The van der Waals surface area contributed by atoms with Crippen LogP contribution in [0.3, 0.4) is 0 Å². The minimum Gasteiger partial charge on any atom is -0.369 e. The van der Waals surface area contributed by atoms with Crippen molar-refractivity contribution in [3.8, 4) is 5.69 Å². The molecule has 0 fully saturated rings. The summed E-state index contributed by atoms with van der Waals surface area (Å²) in [5.41, 5.74) is 7.85. The van der Waals surface area contributed by atoms with E-state index in [4.69, 9.17) is 17.3 Å². The van der Waals surface area contributed by atoms with Gasteiger partial charge in [0.2, 0.25) is 5.95 Å². The van der Waals surface area contributed by atoms with Gasteiger partial charge in [-0.2, -0.15) is 0 Å². The van der Waals surface area contributed by atoms with E-state index in [1.54, 1.807) is 4.57 Å². The molecule has 1 aromatic heterocycles. The number of rotatable bonds is 1. The van der Waals surface area contributed by atoms with Gasteiger partial charge in [0, 0.05) is 15.0 Å². The zero-order chi connectivity index (χ0) is 14.4. The normalized spacial score (nSPS) is 11.2. The highest BCUT2D eigenvalue weighted by Crippen LogP contribution is 2.35. The van der Waals surface area contributed by atoms with Crippen LogP contribution in [-0.4, -0.2) is 9.55 Å². The Bertz CT molecular complexity index is 812. The number of imidazole rings is 1. The molecule has 0 amide bonds. The molecule has 0 radical (unpaired) electrons. The second-order valence-electron chi connectivity index (χ2n) is 4.13. The summed E-state index contributed by atoms with van der Waals surface area (Å²) in [6.45, 7) is 0. The zero-order valence-electron chi connectivity index (χ0n) is 9.87. The molecule has 0 aliphatic heterocycles. The maximum atomic E-state index is 13.5. The lowest BCUT2D eigenvalue weighted by Gasteiger charge is -2.11. The second kappa shape index (κ2) is 5.02. The number of aromatic nitrogens is 2. The molecule has 3 rings (SSSR count). The van der Waals surface area contributed by atoms with Crippen molar-refractivity contribution in [1.82, 2.24) is 9.55 Å². The Hall–Kier alpha value is -1.11. The molecule has 0 spiro atoms. The van der Waals surface area contributed by atoms with Gasteiger partial charge in [0.15, 0.2) is 0 Å². The maximum Gasteiger partial charge on any atom is 0.206 e. The van der Waals surface area contributed by atoms with Crippen LogP contribution in [0.2, 0.25) is 5.02 Å². The van der Waals surface area contributed by atoms with Crippen LogP contribution in [0.1, 0.15) is 0 Å². The Labute approximate surface area is 135 Å². The first kappa shape index (κ1) is 13.9. The number of para-hydroxylation sites is 1. The molecule has 0 saturated carbocycles. The van der Waals surface area contributed by atoms with Gasteiger partial charge in [0.1, 0.15) is 5.82 Å². The summed E-state index contributed by atoms with van der Waals surface area (Å²) in [6.07, 6.45) is 0. The molecule has 1 heterocycles. The summed E-state index contributed by atoms with van der Waals surface area (Å²) in [6, 6.07) is 8.45. The number of nitrogens with two attached hydrogens (primary N) is 1. The summed E-state index contributed by atoms with van der Waals surface area (Å²) in [5, 5.41) is 0.0295. The van der Waals surface area contributed by atoms with Gasteiger partial charge in [-0.25, -0.2) is 9.37 Å². The smallest absolute Gasteiger partial charge is 0.206 e. The Morgan fingerprint density at radius 2 is 1.85 bits per heavy atom. The highest BCUT2D eigenvalue weighted by molar-refractivity contribution is 9.11. The van der Waals surface area contributed by atoms with E-state index >= 15 is 0 Å². The first-order valence-corrected chi connectivity index (χ1v) is 7.53. The van der Waals surface area contributed by atoms with Gasteiger partial charge >= 0.3 is 0 Å². The summed E-state index contributed by atoms with van der Waals surface area (Å²) < 4.78 is 16.9.